The molecule has 2 N–H and O–H groups in total. The largest absolute Gasteiger partial charge is 0.448 e. The molecule has 1 unspecified atom stereocenters. The van der Waals surface area contributed by atoms with Crippen molar-refractivity contribution in [3.63, 3.8) is 0 Å². The van der Waals surface area contributed by atoms with Crippen molar-refractivity contribution >= 4 is 34.8 Å². The Bertz CT molecular complexity index is 1180. The van der Waals surface area contributed by atoms with Crippen molar-refractivity contribution in [3.05, 3.63) is 69.7 Å². The molecule has 0 spiro atoms. The van der Waals surface area contributed by atoms with Crippen LogP contribution in [0.15, 0.2) is 42.5 Å². The first kappa shape index (κ1) is 25.1. The molecular formula is C26H29N3O4S. The molecule has 3 rings (SSSR count). The van der Waals surface area contributed by atoms with Gasteiger partial charge in [0, 0.05) is 11.3 Å². The summed E-state index contributed by atoms with van der Waals surface area (Å²) in [7, 11) is 0. The molecule has 7 nitrogen and oxygen atoms in total. The van der Waals surface area contributed by atoms with E-state index in [1.165, 1.54) is 23.8 Å². The minimum atomic E-state index is -1.06. The number of rotatable bonds is 8. The van der Waals surface area contributed by atoms with Gasteiger partial charge in [-0.3, -0.25) is 9.59 Å². The number of benzene rings is 2. The number of hydrogen-bond acceptors (Lipinski definition) is 6. The van der Waals surface area contributed by atoms with Crippen molar-refractivity contribution in [2.45, 2.75) is 47.1 Å². The molecule has 0 aliphatic rings. The van der Waals surface area contributed by atoms with E-state index in [9.17, 15) is 14.4 Å². The summed E-state index contributed by atoms with van der Waals surface area (Å²) < 4.78 is 5.34. The maximum absolute atomic E-state index is 12.7. The van der Waals surface area contributed by atoms with Crippen LogP contribution in [0.1, 0.15) is 45.9 Å². The highest BCUT2D eigenvalue weighted by Gasteiger charge is 2.23. The van der Waals surface area contributed by atoms with E-state index in [4.69, 9.17) is 4.74 Å². The van der Waals surface area contributed by atoms with Crippen LogP contribution in [0.5, 0.6) is 0 Å². The smallest absolute Gasteiger partial charge is 0.351 e. The van der Waals surface area contributed by atoms with Crippen LogP contribution >= 0.6 is 11.3 Å². The fourth-order valence-electron chi connectivity index (χ4n) is 3.37. The minimum absolute atomic E-state index is 0.230. The number of ether oxygens (including phenoxy) is 1. The molecule has 2 aromatic carbocycles. The Morgan fingerprint density at radius 2 is 1.68 bits per heavy atom. The molecule has 34 heavy (non-hydrogen) atoms. The second-order valence-electron chi connectivity index (χ2n) is 8.06. The van der Waals surface area contributed by atoms with Crippen LogP contribution in [0.2, 0.25) is 0 Å². The lowest BCUT2D eigenvalue weighted by Crippen LogP contribution is -2.40. The Morgan fingerprint density at radius 3 is 2.29 bits per heavy atom. The van der Waals surface area contributed by atoms with Gasteiger partial charge in [0.2, 0.25) is 5.91 Å². The van der Waals surface area contributed by atoms with Gasteiger partial charge in [-0.25, -0.2) is 9.78 Å². The number of thiazole rings is 1. The summed E-state index contributed by atoms with van der Waals surface area (Å²) in [4.78, 5) is 42.2. The van der Waals surface area contributed by atoms with E-state index in [0.717, 1.165) is 28.8 Å². The zero-order valence-electron chi connectivity index (χ0n) is 20.0. The summed E-state index contributed by atoms with van der Waals surface area (Å²) in [5.41, 5.74) is 5.28. The number of anilines is 1. The third-order valence-corrected chi connectivity index (χ3v) is 6.60. The zero-order valence-corrected chi connectivity index (χ0v) is 20.8. The van der Waals surface area contributed by atoms with Crippen molar-refractivity contribution in [2.24, 2.45) is 0 Å². The van der Waals surface area contributed by atoms with Gasteiger partial charge in [-0.2, -0.15) is 0 Å². The fourth-order valence-corrected chi connectivity index (χ4v) is 4.32. The highest BCUT2D eigenvalue weighted by atomic mass is 32.1. The summed E-state index contributed by atoms with van der Waals surface area (Å²) in [6.45, 7) is 8.86. The van der Waals surface area contributed by atoms with E-state index in [1.54, 1.807) is 6.92 Å². The standard InChI is InChI=1S/C26H29N3O4S/c1-6-19-10-12-20(13-11-19)25-28-17(4)23(34-25)26(32)33-18(5)24(31)27-14-21(30)29-22-15(2)8-7-9-16(22)3/h7-13,18H,6,14H2,1-5H3,(H,27,31)(H,29,30). The number of nitrogens with zero attached hydrogens (tertiary/aromatic N) is 1. The lowest BCUT2D eigenvalue weighted by atomic mass is 10.1. The lowest BCUT2D eigenvalue weighted by molar-refractivity contribution is -0.130. The number of aromatic nitrogens is 1. The monoisotopic (exact) mass is 479 g/mol. The number of aryl methyl sites for hydroxylation is 4. The normalized spacial score (nSPS) is 11.6. The number of nitrogens with one attached hydrogen (secondary N) is 2. The second kappa shape index (κ2) is 11.1. The Labute approximate surface area is 203 Å². The van der Waals surface area contributed by atoms with Gasteiger partial charge in [-0.05, 0) is 50.8 Å². The van der Waals surface area contributed by atoms with Crippen molar-refractivity contribution in [2.75, 3.05) is 11.9 Å². The number of hydrogen-bond donors (Lipinski definition) is 2. The van der Waals surface area contributed by atoms with Crippen LogP contribution in [0.4, 0.5) is 5.69 Å². The third kappa shape index (κ3) is 6.08. The SMILES string of the molecule is CCc1ccc(-c2nc(C)c(C(=O)OC(C)C(=O)NCC(=O)Nc3c(C)cccc3C)s2)cc1. The molecule has 1 heterocycles. The van der Waals surface area contributed by atoms with E-state index >= 15 is 0 Å². The molecule has 3 aromatic rings. The average molecular weight is 480 g/mol. The molecule has 0 aliphatic heterocycles. The molecule has 0 aliphatic carbocycles. The predicted octanol–water partition coefficient (Wildman–Crippen LogP) is 4.60. The summed E-state index contributed by atoms with van der Waals surface area (Å²) in [6.07, 6.45) is -0.115. The van der Waals surface area contributed by atoms with Gasteiger partial charge in [0.25, 0.3) is 5.91 Å². The van der Waals surface area contributed by atoms with Crippen LogP contribution in [0, 0.1) is 20.8 Å². The molecule has 178 valence electrons. The minimum Gasteiger partial charge on any atom is -0.448 e. The third-order valence-electron chi connectivity index (χ3n) is 5.41. The van der Waals surface area contributed by atoms with Gasteiger partial charge < -0.3 is 15.4 Å². The molecule has 0 radical (unpaired) electrons. The first-order valence-corrected chi connectivity index (χ1v) is 11.9. The number of carbonyl (C=O) groups is 3. The Hall–Kier alpha value is -3.52. The summed E-state index contributed by atoms with van der Waals surface area (Å²) in [6, 6.07) is 13.7. The molecule has 0 saturated heterocycles. The number of esters is 1. The second-order valence-corrected chi connectivity index (χ2v) is 9.06. The molecular weight excluding hydrogens is 450 g/mol. The van der Waals surface area contributed by atoms with Gasteiger partial charge in [0.05, 0.1) is 12.2 Å². The van der Waals surface area contributed by atoms with E-state index in [1.807, 2.05) is 56.3 Å². The van der Waals surface area contributed by atoms with Crippen molar-refractivity contribution in [1.82, 2.24) is 10.3 Å². The maximum atomic E-state index is 12.7. The first-order chi connectivity index (χ1) is 16.2. The first-order valence-electron chi connectivity index (χ1n) is 11.1. The molecule has 0 bridgehead atoms. The van der Waals surface area contributed by atoms with Gasteiger partial charge in [-0.1, -0.05) is 49.4 Å². The maximum Gasteiger partial charge on any atom is 0.351 e. The summed E-state index contributed by atoms with van der Waals surface area (Å²) >= 11 is 1.23. The molecule has 8 heteroatoms. The van der Waals surface area contributed by atoms with Crippen LogP contribution in [-0.2, 0) is 20.7 Å². The van der Waals surface area contributed by atoms with Crippen LogP contribution in [-0.4, -0.2) is 35.4 Å². The average Bonchev–Trinajstić information content (AvgIpc) is 3.21. The Kier molecular flexibility index (Phi) is 8.17. The van der Waals surface area contributed by atoms with Gasteiger partial charge in [0.15, 0.2) is 6.10 Å². The number of amides is 2. The molecule has 0 saturated carbocycles. The Morgan fingerprint density at radius 1 is 1.03 bits per heavy atom. The van der Waals surface area contributed by atoms with Gasteiger partial charge in [-0.15, -0.1) is 11.3 Å². The highest BCUT2D eigenvalue weighted by Crippen LogP contribution is 2.29. The van der Waals surface area contributed by atoms with E-state index in [-0.39, 0.29) is 12.5 Å². The molecule has 2 amide bonds. The highest BCUT2D eigenvalue weighted by molar-refractivity contribution is 7.17. The number of para-hydroxylation sites is 1. The molecule has 1 aromatic heterocycles. The van der Waals surface area contributed by atoms with E-state index < -0.39 is 18.0 Å². The van der Waals surface area contributed by atoms with E-state index in [2.05, 4.69) is 22.5 Å². The van der Waals surface area contributed by atoms with Crippen LogP contribution < -0.4 is 10.6 Å². The number of carbonyl (C=O) groups excluding carboxylic acids is 3. The summed E-state index contributed by atoms with van der Waals surface area (Å²) in [5.74, 6) is -1.53. The molecule has 1 atom stereocenters. The van der Waals surface area contributed by atoms with Crippen molar-refractivity contribution in [1.29, 1.82) is 0 Å². The quantitative estimate of drug-likeness (QED) is 0.460. The van der Waals surface area contributed by atoms with E-state index in [0.29, 0.717) is 15.6 Å². The predicted molar refractivity (Wildman–Crippen MR) is 134 cm³/mol. The topological polar surface area (TPSA) is 97.4 Å². The lowest BCUT2D eigenvalue weighted by Gasteiger charge is -2.14. The van der Waals surface area contributed by atoms with Crippen LogP contribution in [0.3, 0.4) is 0 Å². The van der Waals surface area contributed by atoms with Crippen LogP contribution in [0.25, 0.3) is 10.6 Å². The fraction of sp³-hybridized carbons (Fsp3) is 0.308. The zero-order chi connectivity index (χ0) is 24.8. The van der Waals surface area contributed by atoms with Gasteiger partial charge in [0.1, 0.15) is 9.88 Å². The molecule has 0 fully saturated rings. The van der Waals surface area contributed by atoms with Crippen molar-refractivity contribution < 1.29 is 19.1 Å². The Balaban J connectivity index is 1.56. The van der Waals surface area contributed by atoms with Gasteiger partial charge >= 0.3 is 5.97 Å². The van der Waals surface area contributed by atoms with Crippen molar-refractivity contribution in [3.8, 4) is 10.6 Å². The summed E-state index contributed by atoms with van der Waals surface area (Å²) in [5, 5.41) is 6.03.